The van der Waals surface area contributed by atoms with Gasteiger partial charge in [-0.3, -0.25) is 4.79 Å². The van der Waals surface area contributed by atoms with Gasteiger partial charge in [0.1, 0.15) is 11.9 Å². The fourth-order valence-corrected chi connectivity index (χ4v) is 7.15. The van der Waals surface area contributed by atoms with E-state index in [1.54, 1.807) is 24.3 Å². The van der Waals surface area contributed by atoms with Crippen LogP contribution in [-0.4, -0.2) is 56.0 Å². The number of carbonyl (C=O) groups is 3. The van der Waals surface area contributed by atoms with Crippen molar-refractivity contribution >= 4 is 34.8 Å². The number of hydrogen-bond acceptors (Lipinski definition) is 6. The van der Waals surface area contributed by atoms with Gasteiger partial charge in [0.25, 0.3) is 0 Å². The largest absolute Gasteiger partial charge is 1.00 e. The Balaban J connectivity index is 0.000000295. The number of nitrogens with one attached hydrogen (secondary N) is 1. The third-order valence-corrected chi connectivity index (χ3v) is 9.97. The average molecular weight is 751 g/mol. The van der Waals surface area contributed by atoms with E-state index >= 15 is 0 Å². The van der Waals surface area contributed by atoms with Gasteiger partial charge in [-0.15, -0.1) is 0 Å². The summed E-state index contributed by atoms with van der Waals surface area (Å²) in [6, 6.07) is 22.9. The number of carbonyl (C=O) groups excluding carboxylic acids is 2. The van der Waals surface area contributed by atoms with Crippen LogP contribution in [0.1, 0.15) is 83.5 Å². The molecule has 1 amide bonds. The predicted molar refractivity (Wildman–Crippen MR) is 203 cm³/mol. The van der Waals surface area contributed by atoms with E-state index in [0.717, 1.165) is 59.0 Å². The smallest absolute Gasteiger partial charge is 0.550 e. The number of rotatable bonds is 14. The Morgan fingerprint density at radius 1 is 0.907 bits per heavy atom. The fourth-order valence-electron chi connectivity index (χ4n) is 7.15. The number of carboxylic acid groups (broad SMARTS) is 2. The van der Waals surface area contributed by atoms with Crippen LogP contribution in [0.25, 0.3) is 28.1 Å². The Hall–Kier alpha value is -3.80. The van der Waals surface area contributed by atoms with Crippen LogP contribution >= 0.6 is 0 Å². The van der Waals surface area contributed by atoms with Crippen LogP contribution in [0.15, 0.2) is 84.9 Å². The molecule has 0 unspecified atom stereocenters. The van der Waals surface area contributed by atoms with Crippen LogP contribution in [0.5, 0.6) is 0 Å². The van der Waals surface area contributed by atoms with Crippen molar-refractivity contribution in [2.45, 2.75) is 96.9 Å². The first kappa shape index (κ1) is 44.6. The van der Waals surface area contributed by atoms with E-state index in [1.807, 2.05) is 54.6 Å². The second-order valence-electron chi connectivity index (χ2n) is 14.6. The summed E-state index contributed by atoms with van der Waals surface area (Å²) in [6.45, 7) is 8.56. The molecule has 3 atom stereocenters. The summed E-state index contributed by atoms with van der Waals surface area (Å²) in [5.74, 6) is -1.45. The Bertz CT molecular complexity index is 1830. The van der Waals surface area contributed by atoms with Gasteiger partial charge in [-0.05, 0) is 86.8 Å². The van der Waals surface area contributed by atoms with Crippen molar-refractivity contribution in [1.82, 2.24) is 9.88 Å². The summed E-state index contributed by atoms with van der Waals surface area (Å²) >= 11 is 0. The van der Waals surface area contributed by atoms with E-state index in [1.165, 1.54) is 12.1 Å². The second-order valence-corrected chi connectivity index (χ2v) is 14.6. The molecule has 0 radical (unpaired) electrons. The van der Waals surface area contributed by atoms with E-state index in [0.29, 0.717) is 18.3 Å². The van der Waals surface area contributed by atoms with Crippen molar-refractivity contribution in [1.29, 1.82) is 0 Å². The first-order valence-corrected chi connectivity index (χ1v) is 18.4. The maximum Gasteiger partial charge on any atom is 1.00 e. The van der Waals surface area contributed by atoms with Gasteiger partial charge in [-0.1, -0.05) is 80.6 Å². The maximum atomic E-state index is 13.5. The molecule has 284 valence electrons. The molecule has 1 aromatic heterocycles. The number of hydrogen-bond donors (Lipinski definition) is 4. The van der Waals surface area contributed by atoms with Gasteiger partial charge in [0.05, 0.1) is 12.2 Å². The molecular weight excluding hydrogens is 698 g/mol. The number of amides is 1. The molecule has 4 N–H and O–H groups in total. The van der Waals surface area contributed by atoms with Crippen molar-refractivity contribution in [2.75, 3.05) is 0 Å². The summed E-state index contributed by atoms with van der Waals surface area (Å²) in [6.07, 6.45) is 4.63. The van der Waals surface area contributed by atoms with Gasteiger partial charge in [0.15, 0.2) is 0 Å². The number of carboxylic acids is 2. The minimum atomic E-state index is -1.36. The van der Waals surface area contributed by atoms with Crippen molar-refractivity contribution in [2.24, 2.45) is 17.8 Å². The maximum absolute atomic E-state index is 13.5. The topological polar surface area (TPSA) is 152 Å². The number of aromatic nitrogens is 1. The van der Waals surface area contributed by atoms with Crippen LogP contribution in [0.3, 0.4) is 0 Å². The molecular formula is C43H52FN2NaO7. The molecule has 1 aliphatic carbocycles. The molecule has 4 aromatic rings. The summed E-state index contributed by atoms with van der Waals surface area (Å²) in [5, 5.41) is 43.8. The van der Waals surface area contributed by atoms with E-state index < -0.39 is 36.6 Å². The molecule has 9 nitrogen and oxygen atoms in total. The molecule has 0 saturated heterocycles. The quantitative estimate of drug-likeness (QED) is 0.144. The van der Waals surface area contributed by atoms with Crippen molar-refractivity contribution < 1.29 is 68.8 Å². The average Bonchev–Trinajstić information content (AvgIpc) is 3.45. The van der Waals surface area contributed by atoms with Crippen LogP contribution in [0.2, 0.25) is 0 Å². The SMILES string of the molecule is CC(C)C1CCC(C(=O)N[C@H](Cc2ccccc2)C(=O)O)CC1.CC(C)n1c(/C=C/[C@@H](O)C[C@@H](O)CC(=O)[O-])c(-c2ccc(F)cc2)c2ccccc21.[Na+]. The molecule has 54 heavy (non-hydrogen) atoms. The van der Waals surface area contributed by atoms with E-state index in [-0.39, 0.29) is 59.7 Å². The molecule has 1 heterocycles. The Labute approximate surface area is 339 Å². The van der Waals surface area contributed by atoms with Gasteiger partial charge < -0.3 is 35.1 Å². The molecule has 0 bridgehead atoms. The third kappa shape index (κ3) is 12.6. The van der Waals surface area contributed by atoms with Gasteiger partial charge >= 0.3 is 35.5 Å². The Morgan fingerprint density at radius 3 is 2.09 bits per heavy atom. The van der Waals surface area contributed by atoms with Crippen LogP contribution in [0, 0.1) is 23.6 Å². The summed E-state index contributed by atoms with van der Waals surface area (Å²) in [7, 11) is 0. The molecule has 11 heteroatoms. The molecule has 1 fully saturated rings. The number of nitrogens with zero attached hydrogens (tertiary/aromatic N) is 1. The zero-order valence-corrected chi connectivity index (χ0v) is 34.0. The molecule has 5 rings (SSSR count). The normalized spacial score (nSPS) is 17.4. The number of aliphatic carboxylic acids is 2. The molecule has 1 aliphatic rings. The van der Waals surface area contributed by atoms with Crippen LogP contribution < -0.4 is 40.0 Å². The summed E-state index contributed by atoms with van der Waals surface area (Å²) in [5.41, 5.74) is 4.53. The first-order chi connectivity index (χ1) is 25.2. The number of halogens is 1. The second kappa shape index (κ2) is 21.3. The number of para-hydroxylation sites is 1. The molecule has 1 saturated carbocycles. The first-order valence-electron chi connectivity index (χ1n) is 18.4. The van der Waals surface area contributed by atoms with Crippen molar-refractivity contribution in [3.05, 3.63) is 102 Å². The number of benzene rings is 3. The minimum Gasteiger partial charge on any atom is -0.550 e. The number of fused-ring (bicyclic) bond motifs is 1. The van der Waals surface area contributed by atoms with Crippen LogP contribution in [-0.2, 0) is 20.8 Å². The van der Waals surface area contributed by atoms with Gasteiger partial charge in [-0.25, -0.2) is 9.18 Å². The fraction of sp³-hybridized carbons (Fsp3) is 0.419. The van der Waals surface area contributed by atoms with Crippen LogP contribution in [0.4, 0.5) is 4.39 Å². The van der Waals surface area contributed by atoms with Gasteiger partial charge in [0.2, 0.25) is 5.91 Å². The Kier molecular flexibility index (Phi) is 17.6. The summed E-state index contributed by atoms with van der Waals surface area (Å²) in [4.78, 5) is 34.5. The predicted octanol–water partition coefficient (Wildman–Crippen LogP) is 3.56. The van der Waals surface area contributed by atoms with E-state index in [2.05, 4.69) is 37.6 Å². The monoisotopic (exact) mass is 750 g/mol. The van der Waals surface area contributed by atoms with Crippen molar-refractivity contribution in [3.8, 4) is 11.1 Å². The van der Waals surface area contributed by atoms with Gasteiger partial charge in [-0.2, -0.15) is 0 Å². The zero-order chi connectivity index (χ0) is 38.7. The van der Waals surface area contributed by atoms with Crippen molar-refractivity contribution in [3.63, 3.8) is 0 Å². The number of aliphatic hydroxyl groups is 2. The van der Waals surface area contributed by atoms with E-state index in [4.69, 9.17) is 0 Å². The molecule has 0 spiro atoms. The standard InChI is InChI=1S/C24H26FNO4.C19H27NO3.Na/c1-15(2)26-21-6-4-3-5-20(21)24(16-7-9-17(25)10-8-16)22(26)12-11-18(27)13-19(28)14-23(29)30;1-13(2)15-8-10-16(11-9-15)18(21)20-17(19(22)23)12-14-6-4-3-5-7-14;/h3-12,15,18-19,27-28H,13-14H2,1-2H3,(H,29,30);3-7,13,15-17H,8-12H2,1-2H3,(H,20,21)(H,22,23);/q;;+1/p-1/b12-11+;;/t18-,19-;15?,16?,17-;/m11./s1. The van der Waals surface area contributed by atoms with Gasteiger partial charge in [0, 0.05) is 59.4 Å². The third-order valence-electron chi connectivity index (χ3n) is 9.97. The zero-order valence-electron chi connectivity index (χ0n) is 32.0. The summed E-state index contributed by atoms with van der Waals surface area (Å²) < 4.78 is 15.6. The molecule has 0 aliphatic heterocycles. The Morgan fingerprint density at radius 2 is 1.52 bits per heavy atom. The molecule has 3 aromatic carbocycles. The minimum absolute atomic E-state index is 0. The number of aliphatic hydroxyl groups excluding tert-OH is 2. The van der Waals surface area contributed by atoms with E-state index in [9.17, 15) is 39.2 Å².